The molecule has 7 nitrogen and oxygen atoms in total. The summed E-state index contributed by atoms with van der Waals surface area (Å²) in [5, 5.41) is 14.7. The number of hydrogen-bond acceptors (Lipinski definition) is 4. The monoisotopic (exact) mass is 459 g/mol. The Kier molecular flexibility index (Phi) is 8.78. The molecule has 2 aromatic rings. The van der Waals surface area contributed by atoms with Crippen LogP contribution in [0, 0.1) is 16.0 Å². The molecule has 1 fully saturated rings. The van der Waals surface area contributed by atoms with Gasteiger partial charge in [0.15, 0.2) is 0 Å². The van der Waals surface area contributed by atoms with E-state index in [-0.39, 0.29) is 30.5 Å². The van der Waals surface area contributed by atoms with Gasteiger partial charge in [0.2, 0.25) is 5.91 Å². The smallest absolute Gasteiger partial charge is 0.282 e. The molecule has 0 bridgehead atoms. The highest BCUT2D eigenvalue weighted by molar-refractivity contribution is 6.30. The predicted molar refractivity (Wildman–Crippen MR) is 126 cm³/mol. The molecule has 1 N–H and O–H groups in total. The van der Waals surface area contributed by atoms with Crippen molar-refractivity contribution in [1.82, 2.24) is 10.2 Å². The summed E-state index contributed by atoms with van der Waals surface area (Å²) in [5.74, 6) is -0.569. The Morgan fingerprint density at radius 2 is 1.69 bits per heavy atom. The molecule has 2 amide bonds. The van der Waals surface area contributed by atoms with Gasteiger partial charge in [-0.3, -0.25) is 19.7 Å². The Morgan fingerprint density at radius 1 is 1.09 bits per heavy atom. The molecular formula is C24H30ClN3O4. The van der Waals surface area contributed by atoms with Crippen LogP contribution in [0.1, 0.15) is 56.0 Å². The Bertz CT molecular complexity index is 954. The Morgan fingerprint density at radius 3 is 2.25 bits per heavy atom. The maximum Gasteiger partial charge on any atom is 0.282 e. The van der Waals surface area contributed by atoms with Crippen molar-refractivity contribution >= 4 is 29.1 Å². The molecule has 1 heterocycles. The number of halogens is 1. The van der Waals surface area contributed by atoms with Crippen molar-refractivity contribution in [3.8, 4) is 0 Å². The number of nitrogens with one attached hydrogen (secondary N) is 1. The molecule has 8 heteroatoms. The number of carbonyl (C=O) groups is 2. The van der Waals surface area contributed by atoms with Crippen LogP contribution in [0.25, 0.3) is 0 Å². The fraction of sp³-hybridized carbons (Fsp3) is 0.417. The van der Waals surface area contributed by atoms with E-state index in [1.54, 1.807) is 11.0 Å². The number of nitro benzene ring substituents is 1. The number of benzene rings is 2. The van der Waals surface area contributed by atoms with Gasteiger partial charge in [0.1, 0.15) is 11.6 Å². The third-order valence-corrected chi connectivity index (χ3v) is 5.96. The van der Waals surface area contributed by atoms with Gasteiger partial charge in [-0.05, 0) is 48.4 Å². The zero-order valence-electron chi connectivity index (χ0n) is 17.6. The zero-order chi connectivity index (χ0) is 22.5. The van der Waals surface area contributed by atoms with E-state index in [0.29, 0.717) is 24.0 Å². The Balaban J connectivity index is 0.00000363. The van der Waals surface area contributed by atoms with E-state index in [1.165, 1.54) is 23.8 Å². The fourth-order valence-corrected chi connectivity index (χ4v) is 4.05. The summed E-state index contributed by atoms with van der Waals surface area (Å²) < 4.78 is 0. The van der Waals surface area contributed by atoms with Gasteiger partial charge in [-0.2, -0.15) is 0 Å². The quantitative estimate of drug-likeness (QED) is 0.483. The van der Waals surface area contributed by atoms with Crippen LogP contribution < -0.4 is 5.32 Å². The molecule has 0 aromatic heterocycles. The largest absolute Gasteiger partial charge is 0.341 e. The van der Waals surface area contributed by atoms with E-state index in [0.717, 1.165) is 12.8 Å². The Hall–Kier alpha value is -2.93. The van der Waals surface area contributed by atoms with E-state index in [2.05, 4.69) is 5.32 Å². The molecule has 0 saturated carbocycles. The molecule has 1 aliphatic heterocycles. The lowest BCUT2D eigenvalue weighted by Gasteiger charge is -2.35. The summed E-state index contributed by atoms with van der Waals surface area (Å²) in [6.07, 6.45) is 1.66. The van der Waals surface area contributed by atoms with Crippen molar-refractivity contribution in [2.24, 2.45) is 5.92 Å². The minimum atomic E-state index is -0.751. The minimum Gasteiger partial charge on any atom is -0.341 e. The molecule has 0 spiro atoms. The van der Waals surface area contributed by atoms with Gasteiger partial charge in [0.05, 0.1) is 4.92 Å². The number of amides is 2. The molecule has 1 atom stereocenters. The lowest BCUT2D eigenvalue weighted by atomic mass is 9.89. The molecule has 172 valence electrons. The van der Waals surface area contributed by atoms with E-state index in [9.17, 15) is 19.7 Å². The third kappa shape index (κ3) is 5.85. The number of para-hydroxylation sites is 1. The molecular weight excluding hydrogens is 430 g/mol. The average Bonchev–Trinajstić information content (AvgIpc) is 2.77. The van der Waals surface area contributed by atoms with Gasteiger partial charge in [-0.15, -0.1) is 0 Å². The zero-order valence-corrected chi connectivity index (χ0v) is 18.3. The molecule has 32 heavy (non-hydrogen) atoms. The van der Waals surface area contributed by atoms with Crippen molar-refractivity contribution in [3.63, 3.8) is 0 Å². The van der Waals surface area contributed by atoms with E-state index < -0.39 is 16.9 Å². The molecule has 0 aliphatic carbocycles. The van der Waals surface area contributed by atoms with Gasteiger partial charge in [-0.1, -0.05) is 57.1 Å². The minimum absolute atomic E-state index is 0. The molecule has 3 rings (SSSR count). The van der Waals surface area contributed by atoms with Crippen LogP contribution in [-0.4, -0.2) is 40.8 Å². The van der Waals surface area contributed by atoms with Crippen LogP contribution in [-0.2, 0) is 4.79 Å². The van der Waals surface area contributed by atoms with Gasteiger partial charge >= 0.3 is 0 Å². The number of hydrogen-bond donors (Lipinski definition) is 1. The van der Waals surface area contributed by atoms with Gasteiger partial charge in [-0.25, -0.2) is 0 Å². The molecule has 1 aliphatic rings. The van der Waals surface area contributed by atoms with E-state index in [4.69, 9.17) is 11.6 Å². The summed E-state index contributed by atoms with van der Waals surface area (Å²) in [6.45, 7) is 4.89. The lowest BCUT2D eigenvalue weighted by molar-refractivity contribution is -0.385. The number of piperidine rings is 1. The second-order valence-corrected chi connectivity index (χ2v) is 8.56. The first kappa shape index (κ1) is 25.3. The van der Waals surface area contributed by atoms with Crippen LogP contribution in [0.3, 0.4) is 0 Å². The van der Waals surface area contributed by atoms with Gasteiger partial charge in [0, 0.05) is 24.2 Å². The second-order valence-electron chi connectivity index (χ2n) is 8.12. The fourth-order valence-electron chi connectivity index (χ4n) is 3.92. The first-order valence-corrected chi connectivity index (χ1v) is 10.7. The first-order valence-electron chi connectivity index (χ1n) is 10.4. The number of likely N-dealkylation sites (tertiary alicyclic amines) is 1. The van der Waals surface area contributed by atoms with Crippen molar-refractivity contribution in [2.75, 3.05) is 13.1 Å². The van der Waals surface area contributed by atoms with Crippen molar-refractivity contribution in [3.05, 3.63) is 74.8 Å². The van der Waals surface area contributed by atoms with E-state index >= 15 is 0 Å². The summed E-state index contributed by atoms with van der Waals surface area (Å²) in [6, 6.07) is 12.8. The third-order valence-electron chi connectivity index (χ3n) is 5.71. The number of nitro groups is 1. The van der Waals surface area contributed by atoms with Crippen LogP contribution in [0.2, 0.25) is 5.02 Å². The maximum absolute atomic E-state index is 13.2. The summed E-state index contributed by atoms with van der Waals surface area (Å²) in [4.78, 5) is 38.3. The predicted octanol–water partition coefficient (Wildman–Crippen LogP) is 5.04. The van der Waals surface area contributed by atoms with Crippen LogP contribution in [0.5, 0.6) is 0 Å². The summed E-state index contributed by atoms with van der Waals surface area (Å²) >= 11 is 5.97. The summed E-state index contributed by atoms with van der Waals surface area (Å²) in [5.41, 5.74) is 0.882. The average molecular weight is 460 g/mol. The molecule has 0 unspecified atom stereocenters. The topological polar surface area (TPSA) is 92.5 Å². The first-order chi connectivity index (χ1) is 14.8. The van der Waals surface area contributed by atoms with Crippen LogP contribution in [0.4, 0.5) is 5.69 Å². The van der Waals surface area contributed by atoms with Gasteiger partial charge < -0.3 is 10.2 Å². The lowest BCUT2D eigenvalue weighted by Crippen LogP contribution is -2.52. The van der Waals surface area contributed by atoms with Gasteiger partial charge in [0.25, 0.3) is 11.6 Å². The summed E-state index contributed by atoms with van der Waals surface area (Å²) in [7, 11) is 0. The second kappa shape index (κ2) is 11.1. The Labute approximate surface area is 193 Å². The van der Waals surface area contributed by atoms with E-state index in [1.807, 2.05) is 38.1 Å². The van der Waals surface area contributed by atoms with Crippen molar-refractivity contribution in [1.29, 1.82) is 0 Å². The highest BCUT2D eigenvalue weighted by Crippen LogP contribution is 2.29. The molecule has 1 saturated heterocycles. The normalized spacial score (nSPS) is 15.1. The van der Waals surface area contributed by atoms with Crippen LogP contribution >= 0.6 is 11.6 Å². The molecule has 2 aromatic carbocycles. The maximum atomic E-state index is 13.2. The SMILES string of the molecule is C.CC(C)[C@@H](NC(=O)c1ccccc1[N+](=O)[O-])C(=O)N1CCC(c2ccc(Cl)cc2)CC1. The van der Waals surface area contributed by atoms with Crippen molar-refractivity contribution in [2.45, 2.75) is 46.1 Å². The number of carbonyl (C=O) groups excluding carboxylic acids is 2. The number of nitrogens with zero attached hydrogens (tertiary/aromatic N) is 2. The standard InChI is InChI=1S/C23H26ClN3O4.CH4/c1-15(2)21(25-22(28)19-5-3-4-6-20(19)27(30)31)23(29)26-13-11-17(12-14-26)16-7-9-18(24)10-8-16;/h3-10,15,17,21H,11-14H2,1-2H3,(H,25,28);1H4/t21-;/m1./s1. The highest BCUT2D eigenvalue weighted by atomic mass is 35.5. The number of rotatable bonds is 6. The highest BCUT2D eigenvalue weighted by Gasteiger charge is 2.33. The molecule has 0 radical (unpaired) electrons. The van der Waals surface area contributed by atoms with Crippen molar-refractivity contribution < 1.29 is 14.5 Å². The van der Waals surface area contributed by atoms with Crippen LogP contribution in [0.15, 0.2) is 48.5 Å².